The predicted molar refractivity (Wildman–Crippen MR) is 310 cm³/mol. The number of thiazole rings is 4. The van der Waals surface area contributed by atoms with Crippen molar-refractivity contribution in [3.05, 3.63) is 166 Å². The zero-order valence-corrected chi connectivity index (χ0v) is 47.4. The molecular weight excluding hydrogens is 1240 g/mol. The number of phenolic OH excluding ortho intramolecular Hbond substituents is 1. The number of halogens is 5. The highest BCUT2D eigenvalue weighted by Gasteiger charge is 2.14. The minimum atomic E-state index is -0.519. The largest absolute Gasteiger partial charge is 0.508 e. The van der Waals surface area contributed by atoms with Gasteiger partial charge in [-0.2, -0.15) is 5.26 Å². The number of nitrogens with zero attached hydrogens (tertiary/aromatic N) is 9. The smallest absolute Gasteiger partial charge is 0.126 e. The molecule has 0 unspecified atom stereocenters. The van der Waals surface area contributed by atoms with E-state index >= 15 is 0 Å². The second-order valence-electron chi connectivity index (χ2n) is 15.5. The Morgan fingerprint density at radius 2 is 0.842 bits per heavy atom. The molecule has 0 aliphatic heterocycles. The molecule has 380 valence electrons. The van der Waals surface area contributed by atoms with Crippen LogP contribution < -0.4 is 14.2 Å². The number of aromatic nitrogens is 8. The van der Waals surface area contributed by atoms with Gasteiger partial charge in [0.15, 0.2) is 0 Å². The summed E-state index contributed by atoms with van der Waals surface area (Å²) in [6.45, 7) is -0.891. The Bertz CT molecular complexity index is 4010. The van der Waals surface area contributed by atoms with Crippen molar-refractivity contribution in [3.63, 3.8) is 0 Å². The number of benzene rings is 4. The van der Waals surface area contributed by atoms with E-state index in [9.17, 15) is 13.9 Å². The highest BCUT2D eigenvalue weighted by atomic mass is 79.9. The van der Waals surface area contributed by atoms with Crippen molar-refractivity contribution in [1.29, 1.82) is 5.26 Å². The Labute approximate surface area is 474 Å². The van der Waals surface area contributed by atoms with Crippen LogP contribution in [-0.4, -0.2) is 78.7 Å². The third kappa shape index (κ3) is 13.2. The maximum absolute atomic E-state index is 12.1. The van der Waals surface area contributed by atoms with Gasteiger partial charge in [0.2, 0.25) is 0 Å². The third-order valence-corrected chi connectivity index (χ3v) is 16.7. The number of rotatable bonds is 11. The quantitative estimate of drug-likeness (QED) is 0.130. The third-order valence-electron chi connectivity index (χ3n) is 10.6. The molecule has 12 aromatic rings. The monoisotopic (exact) mass is 1280 g/mol. The summed E-state index contributed by atoms with van der Waals surface area (Å²) in [6.07, 6.45) is 13.7. The van der Waals surface area contributed by atoms with Crippen LogP contribution >= 0.6 is 93.1 Å². The molecule has 22 heteroatoms. The Kier molecular flexibility index (Phi) is 18.2. The van der Waals surface area contributed by atoms with E-state index in [1.807, 2.05) is 72.8 Å². The number of phenols is 1. The van der Waals surface area contributed by atoms with Crippen LogP contribution in [0.4, 0.5) is 8.78 Å². The van der Waals surface area contributed by atoms with Crippen LogP contribution in [0.25, 0.3) is 83.2 Å². The molecule has 8 aromatic heterocycles. The number of ether oxygens (including phenoxy) is 3. The number of hydrogen-bond donors (Lipinski definition) is 1. The molecular formula is C54H36Br3F2N9O4S4. The van der Waals surface area contributed by atoms with Gasteiger partial charge in [0.1, 0.15) is 75.7 Å². The molecule has 13 nitrogen and oxygen atoms in total. The molecule has 8 heterocycles. The summed E-state index contributed by atoms with van der Waals surface area (Å²) >= 11 is 16.7. The standard InChI is InChI=1S/C15H10FN3OS.C14H10BrFN2OS.C13H9BrN2OS.C12H7BrN2OS/c16-4-6-20-11-1-2-13-14(7-11)21-15(19-13)12-3-5-18-9-10(12)8-17;15-11-8-17-5-3-10(11)14-18-12-2-1-9(19-6-4-16)7-13(12)20-14;1-17-8-2-3-11-12(6-8)18-13(16-11)9-4-5-15-7-10(9)14;13-9-6-14-4-3-8(9)12-15-10-2-1-7(16)5-11(10)17-12/h1-3,5,7,9H,4,6H2;1-3,5,7-8H,4,6H2;2-7H,1H3;1-6,16H. The van der Waals surface area contributed by atoms with Crippen LogP contribution in [0, 0.1) is 11.3 Å². The van der Waals surface area contributed by atoms with Crippen molar-refractivity contribution < 1.29 is 28.1 Å². The summed E-state index contributed by atoms with van der Waals surface area (Å²) in [5.74, 6) is 2.40. The number of pyridine rings is 4. The van der Waals surface area contributed by atoms with Crippen molar-refractivity contribution in [2.45, 2.75) is 0 Å². The molecule has 1 N–H and O–H groups in total. The number of aromatic hydroxyl groups is 1. The molecule has 0 saturated heterocycles. The molecule has 0 fully saturated rings. The minimum Gasteiger partial charge on any atom is -0.508 e. The van der Waals surface area contributed by atoms with Crippen molar-refractivity contribution in [1.82, 2.24) is 39.9 Å². The van der Waals surface area contributed by atoms with E-state index in [1.54, 1.807) is 109 Å². The van der Waals surface area contributed by atoms with Crippen molar-refractivity contribution in [2.24, 2.45) is 0 Å². The van der Waals surface area contributed by atoms with Crippen LogP contribution in [0.2, 0.25) is 0 Å². The lowest BCUT2D eigenvalue weighted by Gasteiger charge is -2.01. The first-order valence-corrected chi connectivity index (χ1v) is 28.1. The molecule has 0 spiro atoms. The summed E-state index contributed by atoms with van der Waals surface area (Å²) < 4.78 is 46.8. The molecule has 0 aliphatic rings. The predicted octanol–water partition coefficient (Wildman–Crippen LogP) is 16.0. The Balaban J connectivity index is 0.000000124. The van der Waals surface area contributed by atoms with Gasteiger partial charge in [-0.25, -0.2) is 28.7 Å². The van der Waals surface area contributed by atoms with Gasteiger partial charge >= 0.3 is 0 Å². The SMILES string of the molecule is COc1ccc2nc(-c3ccncc3Br)sc2c1.FCCOc1ccc2nc(-c3ccncc3Br)sc2c1.N#Cc1cnccc1-c1nc2ccc(OCCF)cc2s1.Oc1ccc2nc(-c3ccncc3Br)sc2c1. The summed E-state index contributed by atoms with van der Waals surface area (Å²) in [5, 5.41) is 22.1. The zero-order valence-electron chi connectivity index (χ0n) is 39.4. The maximum Gasteiger partial charge on any atom is 0.126 e. The van der Waals surface area contributed by atoms with Gasteiger partial charge in [0.05, 0.1) is 53.5 Å². The molecule has 0 amide bonds. The fourth-order valence-corrected chi connectivity index (χ4v) is 12.9. The topological polar surface area (TPSA) is 175 Å². The molecule has 76 heavy (non-hydrogen) atoms. The summed E-state index contributed by atoms with van der Waals surface area (Å²) in [4.78, 5) is 34.4. The van der Waals surface area contributed by atoms with E-state index in [2.05, 4.69) is 93.7 Å². The molecule has 12 rings (SSSR count). The van der Waals surface area contributed by atoms with Crippen LogP contribution in [-0.2, 0) is 0 Å². The Hall–Kier alpha value is -6.97. The molecule has 0 radical (unpaired) electrons. The normalized spacial score (nSPS) is 10.8. The van der Waals surface area contributed by atoms with Gasteiger partial charge in [-0.15, -0.1) is 45.3 Å². The minimum absolute atomic E-state index is 0.0418. The van der Waals surface area contributed by atoms with E-state index in [4.69, 9.17) is 19.5 Å². The lowest BCUT2D eigenvalue weighted by Crippen LogP contribution is -1.97. The second kappa shape index (κ2) is 25.7. The first kappa shape index (κ1) is 53.8. The lowest BCUT2D eigenvalue weighted by molar-refractivity contribution is 0.273. The highest BCUT2D eigenvalue weighted by Crippen LogP contribution is 2.39. The first-order valence-electron chi connectivity index (χ1n) is 22.5. The number of alkyl halides is 2. The van der Waals surface area contributed by atoms with Gasteiger partial charge in [-0.05, 0) is 145 Å². The van der Waals surface area contributed by atoms with Gasteiger partial charge in [-0.3, -0.25) is 19.9 Å². The Morgan fingerprint density at radius 1 is 0.487 bits per heavy atom. The van der Waals surface area contributed by atoms with Gasteiger partial charge < -0.3 is 19.3 Å². The number of nitriles is 1. The average molecular weight is 1280 g/mol. The summed E-state index contributed by atoms with van der Waals surface area (Å²) in [7, 11) is 1.67. The van der Waals surface area contributed by atoms with E-state index in [0.717, 1.165) is 102 Å². The van der Waals surface area contributed by atoms with E-state index in [1.165, 1.54) is 17.5 Å². The molecule has 4 aromatic carbocycles. The Morgan fingerprint density at radius 3 is 1.24 bits per heavy atom. The lowest BCUT2D eigenvalue weighted by atomic mass is 10.2. The number of methoxy groups -OCH3 is 1. The zero-order chi connectivity index (χ0) is 53.0. The molecule has 0 saturated carbocycles. The fraction of sp³-hybridized carbons (Fsp3) is 0.0926. The highest BCUT2D eigenvalue weighted by molar-refractivity contribution is 9.11. The van der Waals surface area contributed by atoms with Gasteiger partial charge in [-0.1, -0.05) is 0 Å². The summed E-state index contributed by atoms with van der Waals surface area (Å²) in [6, 6.07) is 31.8. The van der Waals surface area contributed by atoms with Crippen molar-refractivity contribution >= 4 is 134 Å². The van der Waals surface area contributed by atoms with Crippen LogP contribution in [0.3, 0.4) is 0 Å². The fourth-order valence-electron chi connectivity index (χ4n) is 7.02. The maximum atomic E-state index is 12.1. The second-order valence-corrected chi connectivity index (χ2v) is 22.2. The van der Waals surface area contributed by atoms with E-state index in [0.29, 0.717) is 17.1 Å². The first-order chi connectivity index (χ1) is 37.1. The van der Waals surface area contributed by atoms with Crippen LogP contribution in [0.1, 0.15) is 5.56 Å². The van der Waals surface area contributed by atoms with E-state index in [-0.39, 0.29) is 19.0 Å². The average Bonchev–Trinajstić information content (AvgIpc) is 4.28. The molecule has 0 aliphatic carbocycles. The summed E-state index contributed by atoms with van der Waals surface area (Å²) in [5.41, 5.74) is 7.94. The van der Waals surface area contributed by atoms with E-state index < -0.39 is 13.3 Å². The van der Waals surface area contributed by atoms with Crippen molar-refractivity contribution in [3.8, 4) is 71.4 Å². The molecule has 0 atom stereocenters. The number of hydrogen-bond acceptors (Lipinski definition) is 17. The van der Waals surface area contributed by atoms with Crippen LogP contribution in [0.15, 0.2) is 160 Å². The van der Waals surface area contributed by atoms with Crippen LogP contribution in [0.5, 0.6) is 23.0 Å². The number of fused-ring (bicyclic) bond motifs is 4. The van der Waals surface area contributed by atoms with Gasteiger partial charge in [0.25, 0.3) is 0 Å². The van der Waals surface area contributed by atoms with Gasteiger partial charge in [0, 0.05) is 85.2 Å². The molecule has 0 bridgehead atoms. The van der Waals surface area contributed by atoms with Crippen molar-refractivity contribution in [2.75, 3.05) is 33.7 Å².